The molecule has 1 aromatic carbocycles. The first-order valence-electron chi connectivity index (χ1n) is 8.20. The van der Waals surface area contributed by atoms with Crippen LogP contribution in [0.3, 0.4) is 0 Å². The summed E-state index contributed by atoms with van der Waals surface area (Å²) in [5, 5.41) is 11.6. The maximum absolute atomic E-state index is 11.6. The molecule has 3 rings (SSSR count). The van der Waals surface area contributed by atoms with Gasteiger partial charge in [-0.15, -0.1) is 0 Å². The quantitative estimate of drug-likeness (QED) is 0.467. The van der Waals surface area contributed by atoms with E-state index in [1.165, 1.54) is 0 Å². The second-order valence-corrected chi connectivity index (χ2v) is 9.43. The summed E-state index contributed by atoms with van der Waals surface area (Å²) in [5.74, 6) is -0.932. The molecule has 0 spiro atoms. The molecule has 1 N–H and O–H groups in total. The Balaban J connectivity index is 2.11. The molecule has 28 heavy (non-hydrogen) atoms. The average molecular weight is 457 g/mol. The van der Waals surface area contributed by atoms with Gasteiger partial charge in [-0.25, -0.2) is 4.98 Å². The van der Waals surface area contributed by atoms with Gasteiger partial charge in [-0.1, -0.05) is 46.6 Å². The van der Waals surface area contributed by atoms with Crippen LogP contribution in [0.4, 0.5) is 0 Å². The van der Waals surface area contributed by atoms with Crippen LogP contribution in [-0.4, -0.2) is 30.4 Å². The average Bonchev–Trinajstić information content (AvgIpc) is 3.00. The first kappa shape index (κ1) is 21.0. The van der Waals surface area contributed by atoms with E-state index in [1.807, 2.05) is 4.57 Å². The van der Waals surface area contributed by atoms with E-state index < -0.39 is 10.7 Å². The zero-order valence-corrected chi connectivity index (χ0v) is 18.1. The molecule has 2 heterocycles. The lowest BCUT2D eigenvalue weighted by atomic mass is 10.2. The summed E-state index contributed by atoms with van der Waals surface area (Å²) in [6, 6.07) is 7.00. The number of rotatable bonds is 6. The maximum Gasteiger partial charge on any atom is 0.319 e. The number of hydrogen-bond donors (Lipinski definition) is 1. The molecule has 9 heteroatoms. The van der Waals surface area contributed by atoms with Gasteiger partial charge in [0.05, 0.1) is 23.5 Å². The second kappa shape index (κ2) is 8.33. The third-order valence-corrected chi connectivity index (χ3v) is 6.02. The van der Waals surface area contributed by atoms with Crippen molar-refractivity contribution < 1.29 is 9.90 Å². The summed E-state index contributed by atoms with van der Waals surface area (Å²) in [4.78, 5) is 20.2. The molecule has 0 saturated heterocycles. The van der Waals surface area contributed by atoms with Gasteiger partial charge >= 0.3 is 5.97 Å². The van der Waals surface area contributed by atoms with E-state index in [2.05, 4.69) is 9.97 Å². The van der Waals surface area contributed by atoms with Gasteiger partial charge in [-0.2, -0.15) is 0 Å². The standard InChI is InChI=1S/C19H16Cl3N3O2S/c1-19(2,17(26)27)28-18-24-9-16(11-5-14(21)8-23-7-11)25(18)10-12-6-13(20)3-4-15(12)22/h3-9H,10H2,1-2H3,(H,26,27). The molecule has 146 valence electrons. The first-order chi connectivity index (χ1) is 13.2. The van der Waals surface area contributed by atoms with Crippen LogP contribution in [0.1, 0.15) is 19.4 Å². The lowest BCUT2D eigenvalue weighted by Crippen LogP contribution is -2.27. The SMILES string of the molecule is CC(C)(Sc1ncc(-c2cncc(Cl)c2)n1Cc1cc(Cl)ccc1Cl)C(=O)O. The molecular weight excluding hydrogens is 441 g/mol. The topological polar surface area (TPSA) is 68.0 Å². The number of hydrogen-bond acceptors (Lipinski definition) is 4. The zero-order valence-electron chi connectivity index (χ0n) is 15.0. The Morgan fingerprint density at radius 2 is 1.89 bits per heavy atom. The van der Waals surface area contributed by atoms with Gasteiger partial charge in [0.25, 0.3) is 0 Å². The van der Waals surface area contributed by atoms with Crippen molar-refractivity contribution in [2.24, 2.45) is 0 Å². The van der Waals surface area contributed by atoms with Gasteiger partial charge in [0, 0.05) is 28.0 Å². The Morgan fingerprint density at radius 3 is 2.57 bits per heavy atom. The lowest BCUT2D eigenvalue weighted by molar-refractivity contribution is -0.138. The molecule has 0 aliphatic carbocycles. The van der Waals surface area contributed by atoms with E-state index >= 15 is 0 Å². The first-order valence-corrected chi connectivity index (χ1v) is 10.1. The van der Waals surface area contributed by atoms with E-state index in [1.54, 1.807) is 56.7 Å². The van der Waals surface area contributed by atoms with Crippen LogP contribution in [0.5, 0.6) is 0 Å². The molecule has 0 radical (unpaired) electrons. The van der Waals surface area contributed by atoms with Gasteiger partial charge < -0.3 is 9.67 Å². The number of pyridine rings is 1. The molecule has 0 saturated carbocycles. The highest BCUT2D eigenvalue weighted by Crippen LogP contribution is 2.36. The fraction of sp³-hybridized carbons (Fsp3) is 0.211. The molecule has 2 aromatic heterocycles. The Bertz CT molecular complexity index is 1040. The number of thioether (sulfide) groups is 1. The Hall–Kier alpha value is -1.73. The zero-order chi connectivity index (χ0) is 20.5. The molecule has 0 aliphatic heterocycles. The predicted octanol–water partition coefficient (Wildman–Crippen LogP) is 5.91. The van der Waals surface area contributed by atoms with Gasteiger partial charge in [0.1, 0.15) is 4.75 Å². The van der Waals surface area contributed by atoms with E-state index in [0.29, 0.717) is 26.8 Å². The van der Waals surface area contributed by atoms with Gasteiger partial charge in [0.2, 0.25) is 0 Å². The number of carboxylic acids is 1. The maximum atomic E-state index is 11.6. The van der Waals surface area contributed by atoms with Crippen molar-refractivity contribution in [3.63, 3.8) is 0 Å². The third-order valence-electron chi connectivity index (χ3n) is 4.02. The molecule has 0 bridgehead atoms. The van der Waals surface area contributed by atoms with Crippen molar-refractivity contribution >= 4 is 52.5 Å². The van der Waals surface area contributed by atoms with Crippen LogP contribution < -0.4 is 0 Å². The number of aromatic nitrogens is 3. The Kier molecular flexibility index (Phi) is 6.25. The summed E-state index contributed by atoms with van der Waals surface area (Å²) in [6.07, 6.45) is 4.89. The van der Waals surface area contributed by atoms with Crippen LogP contribution in [-0.2, 0) is 11.3 Å². The summed E-state index contributed by atoms with van der Waals surface area (Å²) in [6.45, 7) is 3.62. The van der Waals surface area contributed by atoms with Crippen LogP contribution in [0.25, 0.3) is 11.3 Å². The number of benzene rings is 1. The van der Waals surface area contributed by atoms with Crippen molar-refractivity contribution in [3.05, 3.63) is 63.5 Å². The fourth-order valence-electron chi connectivity index (χ4n) is 2.48. The van der Waals surface area contributed by atoms with Crippen LogP contribution in [0.2, 0.25) is 15.1 Å². The normalized spacial score (nSPS) is 11.6. The Labute approximate surface area is 181 Å². The highest BCUT2D eigenvalue weighted by molar-refractivity contribution is 8.01. The second-order valence-electron chi connectivity index (χ2n) is 6.56. The molecule has 0 unspecified atom stereocenters. The van der Waals surface area contributed by atoms with Gasteiger partial charge in [-0.3, -0.25) is 9.78 Å². The molecule has 3 aromatic rings. The number of carboxylic acid groups (broad SMARTS) is 1. The van der Waals surface area contributed by atoms with Crippen molar-refractivity contribution in [3.8, 4) is 11.3 Å². The third kappa shape index (κ3) is 4.63. The van der Waals surface area contributed by atoms with Crippen molar-refractivity contribution in [1.29, 1.82) is 0 Å². The highest BCUT2D eigenvalue weighted by atomic mass is 35.5. The van der Waals surface area contributed by atoms with Crippen LogP contribution >= 0.6 is 46.6 Å². The summed E-state index contributed by atoms with van der Waals surface area (Å²) < 4.78 is 0.825. The van der Waals surface area contributed by atoms with E-state index in [9.17, 15) is 9.90 Å². The minimum atomic E-state index is -1.06. The largest absolute Gasteiger partial charge is 0.480 e. The van der Waals surface area contributed by atoms with E-state index in [0.717, 1.165) is 28.6 Å². The van der Waals surface area contributed by atoms with Crippen molar-refractivity contribution in [2.75, 3.05) is 0 Å². The fourth-order valence-corrected chi connectivity index (χ4v) is 3.95. The molecule has 0 amide bonds. The van der Waals surface area contributed by atoms with Crippen LogP contribution in [0, 0.1) is 0 Å². The van der Waals surface area contributed by atoms with Gasteiger partial charge in [-0.05, 0) is 43.7 Å². The number of nitrogens with zero attached hydrogens (tertiary/aromatic N) is 3. The monoisotopic (exact) mass is 455 g/mol. The Morgan fingerprint density at radius 1 is 1.14 bits per heavy atom. The number of carbonyl (C=O) groups is 1. The molecule has 0 aliphatic rings. The number of halogens is 3. The minimum absolute atomic E-state index is 0.360. The van der Waals surface area contributed by atoms with Crippen LogP contribution in [0.15, 0.2) is 48.0 Å². The van der Waals surface area contributed by atoms with Crippen molar-refractivity contribution in [1.82, 2.24) is 14.5 Å². The smallest absolute Gasteiger partial charge is 0.319 e. The summed E-state index contributed by atoms with van der Waals surface area (Å²) in [7, 11) is 0. The molecular formula is C19H16Cl3N3O2S. The lowest BCUT2D eigenvalue weighted by Gasteiger charge is -2.20. The summed E-state index contributed by atoms with van der Waals surface area (Å²) >= 11 is 19.7. The van der Waals surface area contributed by atoms with Crippen molar-refractivity contribution in [2.45, 2.75) is 30.3 Å². The molecule has 0 fully saturated rings. The van der Waals surface area contributed by atoms with E-state index in [-0.39, 0.29) is 0 Å². The molecule has 5 nitrogen and oxygen atoms in total. The molecule has 0 atom stereocenters. The number of aliphatic carboxylic acids is 1. The highest BCUT2D eigenvalue weighted by Gasteiger charge is 2.31. The van der Waals surface area contributed by atoms with Gasteiger partial charge in [0.15, 0.2) is 5.16 Å². The summed E-state index contributed by atoms with van der Waals surface area (Å²) in [5.41, 5.74) is 2.30. The van der Waals surface area contributed by atoms with E-state index in [4.69, 9.17) is 34.8 Å². The minimum Gasteiger partial charge on any atom is -0.480 e. The number of imidazole rings is 1. The predicted molar refractivity (Wildman–Crippen MR) is 114 cm³/mol.